The van der Waals surface area contributed by atoms with Gasteiger partial charge in [-0.25, -0.2) is 9.78 Å². The number of hydrogen-bond acceptors (Lipinski definition) is 6. The summed E-state index contributed by atoms with van der Waals surface area (Å²) in [6, 6.07) is 14.2. The summed E-state index contributed by atoms with van der Waals surface area (Å²) < 4.78 is 1.90. The Labute approximate surface area is 205 Å². The summed E-state index contributed by atoms with van der Waals surface area (Å²) in [5.41, 5.74) is 1.20. The summed E-state index contributed by atoms with van der Waals surface area (Å²) in [4.78, 5) is 57.9. The van der Waals surface area contributed by atoms with Crippen molar-refractivity contribution in [3.8, 4) is 0 Å². The number of aromatic amines is 2. The Balaban J connectivity index is 1.34. The molecule has 0 aliphatic rings. The molecule has 2 aromatic carbocycles. The molecule has 3 N–H and O–H groups in total. The molecule has 2 heterocycles. The van der Waals surface area contributed by atoms with Crippen LogP contribution in [0.15, 0.2) is 73.8 Å². The molecule has 4 aromatic rings. The Morgan fingerprint density at radius 2 is 1.79 bits per heavy atom. The van der Waals surface area contributed by atoms with E-state index in [4.69, 9.17) is 0 Å². The lowest BCUT2D eigenvalue weighted by molar-refractivity contribution is -0.113. The molecule has 172 valence electrons. The molecule has 0 atom stereocenters. The van der Waals surface area contributed by atoms with Gasteiger partial charge in [-0.15, -0.1) is 0 Å². The smallest absolute Gasteiger partial charge is 0.327 e. The predicted molar refractivity (Wildman–Crippen MR) is 135 cm³/mol. The lowest BCUT2D eigenvalue weighted by Crippen LogP contribution is -2.32. The number of carbonyl (C=O) groups excluding carboxylic acids is 2. The average molecular weight is 540 g/mol. The zero-order chi connectivity index (χ0) is 24.2. The summed E-state index contributed by atoms with van der Waals surface area (Å²) in [6.45, 7) is 0. The van der Waals surface area contributed by atoms with Gasteiger partial charge < -0.3 is 10.3 Å². The maximum atomic E-state index is 12.4. The number of allylic oxidation sites excluding steroid dienone is 1. The Bertz CT molecular complexity index is 1520. The Kier molecular flexibility index (Phi) is 6.94. The van der Waals surface area contributed by atoms with Gasteiger partial charge >= 0.3 is 5.69 Å². The molecular formula is C23H18BrN5O4S. The highest BCUT2D eigenvalue weighted by Gasteiger charge is 2.12. The molecule has 0 spiro atoms. The maximum Gasteiger partial charge on any atom is 0.329 e. The number of aromatic nitrogens is 4. The molecule has 0 aliphatic carbocycles. The highest BCUT2D eigenvalue weighted by Crippen LogP contribution is 2.17. The minimum atomic E-state index is -0.566. The van der Waals surface area contributed by atoms with Gasteiger partial charge in [0.15, 0.2) is 22.1 Å². The first kappa shape index (κ1) is 23.5. The van der Waals surface area contributed by atoms with Crippen LogP contribution in [-0.2, 0) is 11.8 Å². The second-order valence-electron chi connectivity index (χ2n) is 7.22. The lowest BCUT2D eigenvalue weighted by Gasteiger charge is -2.05. The van der Waals surface area contributed by atoms with Gasteiger partial charge in [-0.3, -0.25) is 23.9 Å². The summed E-state index contributed by atoms with van der Waals surface area (Å²) in [6.07, 6.45) is 3.24. The predicted octanol–water partition coefficient (Wildman–Crippen LogP) is 3.34. The van der Waals surface area contributed by atoms with E-state index in [1.165, 1.54) is 13.1 Å². The summed E-state index contributed by atoms with van der Waals surface area (Å²) in [5, 5.41) is 3.08. The number of amides is 1. The van der Waals surface area contributed by atoms with E-state index in [0.717, 1.165) is 26.4 Å². The van der Waals surface area contributed by atoms with Crippen molar-refractivity contribution in [1.82, 2.24) is 19.5 Å². The van der Waals surface area contributed by atoms with Crippen LogP contribution in [0.3, 0.4) is 0 Å². The fourth-order valence-corrected chi connectivity index (χ4v) is 3.94. The highest BCUT2D eigenvalue weighted by molar-refractivity contribution is 9.10. The number of carbonyl (C=O) groups is 2. The number of imidazole rings is 1. The molecule has 0 fully saturated rings. The fraction of sp³-hybridized carbons (Fsp3) is 0.0870. The van der Waals surface area contributed by atoms with Crippen molar-refractivity contribution in [2.24, 2.45) is 7.05 Å². The normalized spacial score (nSPS) is 11.2. The summed E-state index contributed by atoms with van der Waals surface area (Å²) >= 11 is 4.46. The number of hydrogen-bond donors (Lipinski definition) is 3. The van der Waals surface area contributed by atoms with Crippen LogP contribution < -0.4 is 16.6 Å². The standard InChI is InChI=1S/C23H18BrN5O4S/c1-29-21(32)19-20(28-23(29)33)27-22(26-19)34-12-18(31)25-16-9-5-14(6-10-16)17(30)11-4-13-2-7-15(24)8-3-13/h2-11H,12H2,1H3,(H,25,31)(H,26,27)(H,28,33)/b11-4+. The second-order valence-corrected chi connectivity index (χ2v) is 9.10. The minimum absolute atomic E-state index is 0.0287. The first-order valence-electron chi connectivity index (χ1n) is 10.00. The summed E-state index contributed by atoms with van der Waals surface area (Å²) in [5.74, 6) is -0.410. The quantitative estimate of drug-likeness (QED) is 0.187. The molecule has 4 rings (SSSR count). The van der Waals surface area contributed by atoms with Crippen LogP contribution in [0.5, 0.6) is 0 Å². The zero-order valence-corrected chi connectivity index (χ0v) is 20.2. The van der Waals surface area contributed by atoms with Gasteiger partial charge in [0.2, 0.25) is 5.91 Å². The van der Waals surface area contributed by atoms with Crippen molar-refractivity contribution in [3.05, 3.63) is 91.0 Å². The topological polar surface area (TPSA) is 130 Å². The van der Waals surface area contributed by atoms with Gasteiger partial charge in [0.1, 0.15) is 0 Å². The number of H-pyrrole nitrogens is 2. The van der Waals surface area contributed by atoms with Crippen molar-refractivity contribution in [3.63, 3.8) is 0 Å². The van der Waals surface area contributed by atoms with Crippen LogP contribution in [0.1, 0.15) is 15.9 Å². The monoisotopic (exact) mass is 539 g/mol. The molecule has 0 saturated heterocycles. The fourth-order valence-electron chi connectivity index (χ4n) is 3.00. The molecule has 0 aliphatic heterocycles. The number of nitrogens with zero attached hydrogens (tertiary/aromatic N) is 2. The number of fused-ring (bicyclic) bond motifs is 1. The van der Waals surface area contributed by atoms with Crippen molar-refractivity contribution in [1.29, 1.82) is 0 Å². The first-order valence-corrected chi connectivity index (χ1v) is 11.8. The molecule has 0 unspecified atom stereocenters. The molecule has 9 nitrogen and oxygen atoms in total. The molecule has 0 bridgehead atoms. The van der Waals surface area contributed by atoms with Crippen LogP contribution in [-0.4, -0.2) is 37.0 Å². The molecule has 2 aromatic heterocycles. The van der Waals surface area contributed by atoms with Gasteiger partial charge in [-0.1, -0.05) is 45.9 Å². The van der Waals surface area contributed by atoms with Crippen LogP contribution in [0, 0.1) is 0 Å². The van der Waals surface area contributed by atoms with Gasteiger partial charge in [0.05, 0.1) is 5.75 Å². The second kappa shape index (κ2) is 10.1. The molecule has 0 radical (unpaired) electrons. The van der Waals surface area contributed by atoms with Crippen molar-refractivity contribution >= 4 is 62.3 Å². The third-order valence-electron chi connectivity index (χ3n) is 4.82. The van der Waals surface area contributed by atoms with Gasteiger partial charge in [-0.2, -0.15) is 0 Å². The maximum absolute atomic E-state index is 12.4. The van der Waals surface area contributed by atoms with Crippen LogP contribution in [0.25, 0.3) is 17.2 Å². The van der Waals surface area contributed by atoms with Crippen molar-refractivity contribution in [2.45, 2.75) is 5.16 Å². The molecule has 0 saturated carbocycles. The number of nitrogens with one attached hydrogen (secondary N) is 3. The third kappa shape index (κ3) is 5.43. The zero-order valence-electron chi connectivity index (χ0n) is 17.8. The van der Waals surface area contributed by atoms with E-state index in [1.807, 2.05) is 24.3 Å². The number of rotatable bonds is 7. The number of halogens is 1. The SMILES string of the molecule is Cn1c(=O)[nH]c2nc(SCC(=O)Nc3ccc(C(=O)/C=C/c4ccc(Br)cc4)cc3)[nH]c2c1=O. The largest absolute Gasteiger partial charge is 0.329 e. The first-order chi connectivity index (χ1) is 16.3. The molecule has 1 amide bonds. The lowest BCUT2D eigenvalue weighted by atomic mass is 10.1. The van der Waals surface area contributed by atoms with E-state index in [0.29, 0.717) is 16.4 Å². The van der Waals surface area contributed by atoms with E-state index in [2.05, 4.69) is 36.2 Å². The Hall–Kier alpha value is -3.70. The van der Waals surface area contributed by atoms with Crippen molar-refractivity contribution in [2.75, 3.05) is 11.1 Å². The van der Waals surface area contributed by atoms with Crippen LogP contribution in [0.4, 0.5) is 5.69 Å². The number of anilines is 1. The van der Waals surface area contributed by atoms with E-state index >= 15 is 0 Å². The van der Waals surface area contributed by atoms with E-state index in [9.17, 15) is 19.2 Å². The minimum Gasteiger partial charge on any atom is -0.327 e. The Morgan fingerprint density at radius 1 is 1.09 bits per heavy atom. The number of benzene rings is 2. The number of ketones is 1. The van der Waals surface area contributed by atoms with Gasteiger partial charge in [-0.05, 0) is 48.0 Å². The van der Waals surface area contributed by atoms with Gasteiger partial charge in [0.25, 0.3) is 5.56 Å². The van der Waals surface area contributed by atoms with E-state index in [1.54, 1.807) is 30.3 Å². The van der Waals surface area contributed by atoms with Gasteiger partial charge in [0, 0.05) is 22.8 Å². The Morgan fingerprint density at radius 3 is 2.50 bits per heavy atom. The van der Waals surface area contributed by atoms with E-state index in [-0.39, 0.29) is 28.6 Å². The molecule has 11 heteroatoms. The van der Waals surface area contributed by atoms with Crippen LogP contribution in [0.2, 0.25) is 0 Å². The molecular weight excluding hydrogens is 522 g/mol. The number of thioether (sulfide) groups is 1. The van der Waals surface area contributed by atoms with E-state index < -0.39 is 11.2 Å². The summed E-state index contributed by atoms with van der Waals surface area (Å²) in [7, 11) is 1.36. The average Bonchev–Trinajstić information content (AvgIpc) is 3.24. The van der Waals surface area contributed by atoms with Crippen molar-refractivity contribution < 1.29 is 9.59 Å². The molecule has 34 heavy (non-hydrogen) atoms. The van der Waals surface area contributed by atoms with Crippen LogP contribution >= 0.6 is 27.7 Å². The third-order valence-corrected chi connectivity index (χ3v) is 6.22. The highest BCUT2D eigenvalue weighted by atomic mass is 79.9.